The smallest absolute Gasteiger partial charge is 0.246 e. The van der Waals surface area contributed by atoms with Crippen molar-refractivity contribution in [2.45, 2.75) is 19.4 Å². The fourth-order valence-electron chi connectivity index (χ4n) is 2.17. The second-order valence-electron chi connectivity index (χ2n) is 6.00. The quantitative estimate of drug-likeness (QED) is 0.830. The summed E-state index contributed by atoms with van der Waals surface area (Å²) < 4.78 is 0. The van der Waals surface area contributed by atoms with E-state index in [0.29, 0.717) is 17.1 Å². The van der Waals surface area contributed by atoms with Crippen LogP contribution in [0.3, 0.4) is 0 Å². The average molecular weight is 360 g/mol. The molecule has 0 saturated heterocycles. The van der Waals surface area contributed by atoms with Crippen molar-refractivity contribution in [3.05, 3.63) is 59.1 Å². The highest BCUT2D eigenvalue weighted by Gasteiger charge is 2.14. The van der Waals surface area contributed by atoms with Crippen LogP contribution in [-0.2, 0) is 16.0 Å². The maximum atomic E-state index is 12.3. The Hall–Kier alpha value is -2.53. The number of carbonyl (C=O) groups excluding carboxylic acids is 2. The lowest BCUT2D eigenvalue weighted by atomic mass is 10.1. The van der Waals surface area contributed by atoms with Crippen LogP contribution in [0, 0.1) is 0 Å². The number of hydrogen-bond acceptors (Lipinski definition) is 3. The highest BCUT2D eigenvalue weighted by atomic mass is 35.5. The van der Waals surface area contributed by atoms with Crippen LogP contribution in [0.1, 0.15) is 12.5 Å². The summed E-state index contributed by atoms with van der Waals surface area (Å²) >= 11 is 6.05. The summed E-state index contributed by atoms with van der Waals surface area (Å²) in [7, 11) is 3.47. The van der Waals surface area contributed by atoms with Gasteiger partial charge in [-0.05, 0) is 36.8 Å². The predicted octanol–water partition coefficient (Wildman–Crippen LogP) is 3.41. The minimum absolute atomic E-state index is 0.0493. The summed E-state index contributed by atoms with van der Waals surface area (Å²) in [5, 5.41) is 6.43. The van der Waals surface area contributed by atoms with Crippen molar-refractivity contribution in [1.82, 2.24) is 4.90 Å². The van der Waals surface area contributed by atoms with Crippen LogP contribution in [0.4, 0.5) is 11.4 Å². The van der Waals surface area contributed by atoms with Gasteiger partial charge in [-0.25, -0.2) is 0 Å². The van der Waals surface area contributed by atoms with Crippen molar-refractivity contribution in [3.8, 4) is 0 Å². The first-order valence-electron chi connectivity index (χ1n) is 7.98. The largest absolute Gasteiger partial charge is 0.374 e. The SMILES string of the molecule is CC(Nc1ccc(CC(=O)N(C)C)cc1)C(=O)Nc1ccccc1Cl. The first-order chi connectivity index (χ1) is 11.9. The lowest BCUT2D eigenvalue weighted by Crippen LogP contribution is -2.31. The van der Waals surface area contributed by atoms with Crippen LogP contribution in [0.25, 0.3) is 0 Å². The van der Waals surface area contributed by atoms with Crippen LogP contribution in [0.5, 0.6) is 0 Å². The lowest BCUT2D eigenvalue weighted by molar-refractivity contribution is -0.128. The minimum Gasteiger partial charge on any atom is -0.374 e. The molecule has 0 aliphatic rings. The molecule has 5 nitrogen and oxygen atoms in total. The third-order valence-electron chi connectivity index (χ3n) is 3.72. The molecule has 0 aliphatic heterocycles. The molecular weight excluding hydrogens is 338 g/mol. The number of nitrogens with one attached hydrogen (secondary N) is 2. The monoisotopic (exact) mass is 359 g/mol. The molecule has 0 saturated carbocycles. The molecule has 0 spiro atoms. The van der Waals surface area contributed by atoms with E-state index in [4.69, 9.17) is 11.6 Å². The van der Waals surface area contributed by atoms with E-state index in [1.165, 1.54) is 0 Å². The zero-order valence-corrected chi connectivity index (χ0v) is 15.3. The van der Waals surface area contributed by atoms with Crippen molar-refractivity contribution in [1.29, 1.82) is 0 Å². The Morgan fingerprint density at radius 2 is 1.72 bits per heavy atom. The molecule has 0 bridgehead atoms. The normalized spacial score (nSPS) is 11.5. The molecule has 0 fully saturated rings. The fourth-order valence-corrected chi connectivity index (χ4v) is 2.35. The highest BCUT2D eigenvalue weighted by Crippen LogP contribution is 2.21. The molecule has 132 valence electrons. The molecule has 2 aromatic rings. The van der Waals surface area contributed by atoms with Crippen LogP contribution in [0.15, 0.2) is 48.5 Å². The maximum Gasteiger partial charge on any atom is 0.246 e. The Labute approximate surface area is 153 Å². The molecule has 1 unspecified atom stereocenters. The molecule has 2 N–H and O–H groups in total. The number of benzene rings is 2. The molecule has 1 atom stereocenters. The Morgan fingerprint density at radius 3 is 2.32 bits per heavy atom. The third-order valence-corrected chi connectivity index (χ3v) is 4.05. The zero-order valence-electron chi connectivity index (χ0n) is 14.5. The number of nitrogens with zero attached hydrogens (tertiary/aromatic N) is 1. The zero-order chi connectivity index (χ0) is 18.4. The summed E-state index contributed by atoms with van der Waals surface area (Å²) in [4.78, 5) is 25.5. The van der Waals surface area contributed by atoms with Gasteiger partial charge in [-0.1, -0.05) is 35.9 Å². The summed E-state index contributed by atoms with van der Waals surface area (Å²) in [6.07, 6.45) is 0.357. The van der Waals surface area contributed by atoms with Crippen LogP contribution >= 0.6 is 11.6 Å². The van der Waals surface area contributed by atoms with E-state index in [9.17, 15) is 9.59 Å². The van der Waals surface area contributed by atoms with Gasteiger partial charge in [-0.15, -0.1) is 0 Å². The predicted molar refractivity (Wildman–Crippen MR) is 102 cm³/mol. The minimum atomic E-state index is -0.439. The molecule has 0 aromatic heterocycles. The highest BCUT2D eigenvalue weighted by molar-refractivity contribution is 6.33. The molecule has 2 aromatic carbocycles. The number of amides is 2. The topological polar surface area (TPSA) is 61.4 Å². The van der Waals surface area contributed by atoms with Gasteiger partial charge in [-0.2, -0.15) is 0 Å². The van der Waals surface area contributed by atoms with Gasteiger partial charge in [0.25, 0.3) is 0 Å². The number of anilines is 2. The number of halogens is 1. The molecule has 0 aliphatic carbocycles. The molecule has 25 heavy (non-hydrogen) atoms. The van der Waals surface area contributed by atoms with E-state index in [2.05, 4.69) is 10.6 Å². The second-order valence-corrected chi connectivity index (χ2v) is 6.40. The van der Waals surface area contributed by atoms with Crippen molar-refractivity contribution in [2.24, 2.45) is 0 Å². The lowest BCUT2D eigenvalue weighted by Gasteiger charge is -2.16. The van der Waals surface area contributed by atoms with E-state index in [1.807, 2.05) is 36.4 Å². The average Bonchev–Trinajstić information content (AvgIpc) is 2.58. The van der Waals surface area contributed by atoms with Crippen LogP contribution < -0.4 is 10.6 Å². The van der Waals surface area contributed by atoms with Crippen molar-refractivity contribution >= 4 is 34.8 Å². The third kappa shape index (κ3) is 5.50. The molecule has 0 radical (unpaired) electrons. The fraction of sp³-hybridized carbons (Fsp3) is 0.263. The van der Waals surface area contributed by atoms with Gasteiger partial charge in [0.2, 0.25) is 11.8 Å². The van der Waals surface area contributed by atoms with E-state index in [1.54, 1.807) is 38.1 Å². The van der Waals surface area contributed by atoms with Crippen molar-refractivity contribution < 1.29 is 9.59 Å². The Morgan fingerprint density at radius 1 is 1.08 bits per heavy atom. The first-order valence-corrected chi connectivity index (χ1v) is 8.35. The number of para-hydroxylation sites is 1. The maximum absolute atomic E-state index is 12.3. The molecule has 6 heteroatoms. The van der Waals surface area contributed by atoms with Gasteiger partial charge in [-0.3, -0.25) is 9.59 Å². The van der Waals surface area contributed by atoms with E-state index >= 15 is 0 Å². The van der Waals surface area contributed by atoms with Gasteiger partial charge in [0, 0.05) is 19.8 Å². The summed E-state index contributed by atoms with van der Waals surface area (Å²) in [5.74, 6) is -0.131. The summed E-state index contributed by atoms with van der Waals surface area (Å²) in [6, 6.07) is 14.1. The molecule has 0 heterocycles. The standard InChI is InChI=1S/C19H22ClN3O2/c1-13(19(25)22-17-7-5-4-6-16(17)20)21-15-10-8-14(9-11-15)12-18(24)23(2)3/h4-11,13,21H,12H2,1-3H3,(H,22,25). The molecule has 2 amide bonds. The summed E-state index contributed by atoms with van der Waals surface area (Å²) in [6.45, 7) is 1.77. The first kappa shape index (κ1) is 18.8. The number of carbonyl (C=O) groups is 2. The Kier molecular flexibility index (Phi) is 6.42. The Balaban J connectivity index is 1.93. The number of likely N-dealkylation sites (N-methyl/N-ethyl adjacent to an activating group) is 1. The van der Waals surface area contributed by atoms with E-state index in [0.717, 1.165) is 11.3 Å². The number of rotatable bonds is 6. The van der Waals surface area contributed by atoms with Crippen molar-refractivity contribution in [2.75, 3.05) is 24.7 Å². The van der Waals surface area contributed by atoms with E-state index in [-0.39, 0.29) is 11.8 Å². The Bertz CT molecular complexity index is 745. The number of hydrogen-bond donors (Lipinski definition) is 2. The van der Waals surface area contributed by atoms with Gasteiger partial charge in [0.15, 0.2) is 0 Å². The molecule has 2 rings (SSSR count). The second kappa shape index (κ2) is 8.53. The van der Waals surface area contributed by atoms with Gasteiger partial charge in [0.05, 0.1) is 17.1 Å². The van der Waals surface area contributed by atoms with E-state index < -0.39 is 6.04 Å². The van der Waals surface area contributed by atoms with Crippen LogP contribution in [-0.4, -0.2) is 36.9 Å². The van der Waals surface area contributed by atoms with Gasteiger partial charge >= 0.3 is 0 Å². The van der Waals surface area contributed by atoms with Gasteiger partial charge < -0.3 is 15.5 Å². The van der Waals surface area contributed by atoms with Gasteiger partial charge in [0.1, 0.15) is 6.04 Å². The van der Waals surface area contributed by atoms with Crippen molar-refractivity contribution in [3.63, 3.8) is 0 Å². The molecular formula is C19H22ClN3O2. The summed E-state index contributed by atoms with van der Waals surface area (Å²) in [5.41, 5.74) is 2.32. The van der Waals surface area contributed by atoms with Crippen LogP contribution in [0.2, 0.25) is 5.02 Å².